The molecule has 0 aliphatic heterocycles. The molecule has 0 bridgehead atoms. The van der Waals surface area contributed by atoms with Crippen LogP contribution in [0.1, 0.15) is 98.8 Å². The van der Waals surface area contributed by atoms with Gasteiger partial charge < -0.3 is 106 Å². The van der Waals surface area contributed by atoms with Crippen molar-refractivity contribution in [1.82, 2.24) is 47.9 Å². The van der Waals surface area contributed by atoms with Gasteiger partial charge in [-0.05, 0) is 44.4 Å². The summed E-state index contributed by atoms with van der Waals surface area (Å²) in [7, 11) is 0. The zero-order valence-electron chi connectivity index (χ0n) is 45.4. The molecule has 12 atom stereocenters. The van der Waals surface area contributed by atoms with Crippen LogP contribution in [0, 0.1) is 11.8 Å². The maximum atomic E-state index is 14.2. The van der Waals surface area contributed by atoms with E-state index in [1.165, 1.54) is 20.8 Å². The van der Waals surface area contributed by atoms with Gasteiger partial charge in [0.2, 0.25) is 53.2 Å². The standard InChI is InChI=1S/C46H75N13O23/c1-6-19(4)34(43(79)53-23(9-11-28(62)63)37(73)52-24(10-12-29(64)65)39(75)57-33(18(2)3)42(78)55-26(45(81)82)16-32(70)71)58-38(74)22(8-7-13-50-46(48)49)51-41(77)27(17-60)56-44(80)35(20(5)61)59-40(76)25(15-31(68)69)54-36(72)21(47)14-30(66)67/h18-27,33-35,60-61H,6-17,47H2,1-5H3,(H,51,77)(H,52,73)(H,53,79)(H,54,72)(H,55,78)(H,56,80)(H,57,75)(H,58,74)(H,59,76)(H,62,63)(H,64,65)(H,66,67)(H,68,69)(H,70,71)(H,81,82)(H4,48,49,50)/t19-,20+,21-,22-,23-,24-,25-,26-,27-,33-,34-,35-/m0/s1. The van der Waals surface area contributed by atoms with Gasteiger partial charge in [0, 0.05) is 19.4 Å². The Morgan fingerprint density at radius 2 is 0.805 bits per heavy atom. The molecule has 0 unspecified atom stereocenters. The quantitative estimate of drug-likeness (QED) is 0.0154. The average Bonchev–Trinajstić information content (AvgIpc) is 3.38. The van der Waals surface area contributed by atoms with Gasteiger partial charge in [-0.25, -0.2) is 4.79 Å². The largest absolute Gasteiger partial charge is 0.481 e. The van der Waals surface area contributed by atoms with E-state index in [9.17, 15) is 103 Å². The van der Waals surface area contributed by atoms with E-state index in [-0.39, 0.29) is 31.8 Å². The minimum Gasteiger partial charge on any atom is -0.481 e. The molecule has 0 aromatic heterocycles. The molecule has 0 heterocycles. The van der Waals surface area contributed by atoms with Crippen LogP contribution in [0.25, 0.3) is 0 Å². The van der Waals surface area contributed by atoms with Crippen LogP contribution >= 0.6 is 0 Å². The Labute approximate surface area is 467 Å². The maximum Gasteiger partial charge on any atom is 0.326 e. The van der Waals surface area contributed by atoms with Crippen molar-refractivity contribution >= 4 is 94.9 Å². The van der Waals surface area contributed by atoms with E-state index >= 15 is 0 Å². The number of guanidine groups is 1. The summed E-state index contributed by atoms with van der Waals surface area (Å²) in [6, 6.07) is -18.4. The van der Waals surface area contributed by atoms with E-state index in [1.54, 1.807) is 6.92 Å². The van der Waals surface area contributed by atoms with Crippen molar-refractivity contribution < 1.29 is 113 Å². The number of carboxylic acid groups (broad SMARTS) is 6. The van der Waals surface area contributed by atoms with Crippen LogP contribution in [-0.4, -0.2) is 215 Å². The number of nitrogens with one attached hydrogen (secondary N) is 9. The van der Waals surface area contributed by atoms with Crippen LogP contribution in [0.5, 0.6) is 0 Å². The molecule has 36 nitrogen and oxygen atoms in total. The molecule has 0 aliphatic carbocycles. The van der Waals surface area contributed by atoms with Crippen LogP contribution in [0.15, 0.2) is 4.99 Å². The molecule has 23 N–H and O–H groups in total. The summed E-state index contributed by atoms with van der Waals surface area (Å²) >= 11 is 0. The second-order valence-electron chi connectivity index (χ2n) is 18.9. The number of rotatable bonds is 40. The Morgan fingerprint density at radius 3 is 1.23 bits per heavy atom. The van der Waals surface area contributed by atoms with Gasteiger partial charge in [-0.15, -0.1) is 0 Å². The molecular weight excluding hydrogens is 1100 g/mol. The predicted molar refractivity (Wildman–Crippen MR) is 276 cm³/mol. The summed E-state index contributed by atoms with van der Waals surface area (Å²) < 4.78 is 0. The smallest absolute Gasteiger partial charge is 0.326 e. The van der Waals surface area contributed by atoms with Crippen LogP contribution in [0.2, 0.25) is 0 Å². The fourth-order valence-electron chi connectivity index (χ4n) is 7.09. The average molecular weight is 1180 g/mol. The van der Waals surface area contributed by atoms with Crippen LogP contribution in [0.3, 0.4) is 0 Å². The number of aliphatic imine (C=N–C) groups is 1. The van der Waals surface area contributed by atoms with Crippen molar-refractivity contribution in [3.05, 3.63) is 0 Å². The minimum atomic E-state index is -2.05. The van der Waals surface area contributed by atoms with Crippen LogP contribution < -0.4 is 65.1 Å². The first kappa shape index (κ1) is 73.2. The van der Waals surface area contributed by atoms with Crippen molar-refractivity contribution in [2.24, 2.45) is 34.0 Å². The molecule has 0 aliphatic rings. The normalized spacial score (nSPS) is 15.3. The number of hydrogen-bond acceptors (Lipinski definition) is 19. The Morgan fingerprint density at radius 1 is 0.439 bits per heavy atom. The number of aliphatic hydroxyl groups excluding tert-OH is 2. The van der Waals surface area contributed by atoms with E-state index in [1.807, 2.05) is 21.3 Å². The van der Waals surface area contributed by atoms with Gasteiger partial charge in [-0.3, -0.25) is 72.1 Å². The molecule has 0 spiro atoms. The molecule has 0 saturated carbocycles. The lowest BCUT2D eigenvalue weighted by atomic mass is 9.96. The summed E-state index contributed by atoms with van der Waals surface area (Å²) in [6.45, 7) is 5.40. The fourth-order valence-corrected chi connectivity index (χ4v) is 7.09. The van der Waals surface area contributed by atoms with E-state index in [2.05, 4.69) is 31.6 Å². The molecule has 0 aromatic rings. The molecular formula is C46H75N13O23. The lowest BCUT2D eigenvalue weighted by Crippen LogP contribution is -2.62. The van der Waals surface area contributed by atoms with Crippen molar-refractivity contribution in [3.63, 3.8) is 0 Å². The summed E-state index contributed by atoms with van der Waals surface area (Å²) in [6.07, 6.45) is -8.27. The van der Waals surface area contributed by atoms with Gasteiger partial charge in [-0.2, -0.15) is 0 Å². The van der Waals surface area contributed by atoms with Crippen molar-refractivity contribution in [2.45, 2.75) is 165 Å². The van der Waals surface area contributed by atoms with E-state index < -0.39 is 219 Å². The third-order valence-electron chi connectivity index (χ3n) is 11.8. The van der Waals surface area contributed by atoms with Crippen LogP contribution in [0.4, 0.5) is 0 Å². The molecule has 0 fully saturated rings. The minimum absolute atomic E-state index is 0.0811. The first-order valence-electron chi connectivity index (χ1n) is 25.2. The third-order valence-corrected chi connectivity index (χ3v) is 11.8. The van der Waals surface area contributed by atoms with Crippen LogP contribution in [-0.2, 0) is 71.9 Å². The van der Waals surface area contributed by atoms with Gasteiger partial charge in [0.05, 0.1) is 38.0 Å². The summed E-state index contributed by atoms with van der Waals surface area (Å²) in [5.74, 6) is -22.9. The number of hydrogen-bond donors (Lipinski definition) is 20. The number of carbonyl (C=O) groups excluding carboxylic acids is 9. The number of nitrogens with zero attached hydrogens (tertiary/aromatic N) is 1. The number of aliphatic carboxylic acids is 6. The van der Waals surface area contributed by atoms with E-state index in [4.69, 9.17) is 27.4 Å². The summed E-state index contributed by atoms with van der Waals surface area (Å²) in [4.78, 5) is 194. The molecule has 462 valence electrons. The zero-order valence-corrected chi connectivity index (χ0v) is 45.4. The van der Waals surface area contributed by atoms with Gasteiger partial charge in [0.1, 0.15) is 54.4 Å². The molecule has 0 rings (SSSR count). The van der Waals surface area contributed by atoms with Gasteiger partial charge >= 0.3 is 35.8 Å². The summed E-state index contributed by atoms with van der Waals surface area (Å²) in [5.41, 5.74) is 16.3. The summed E-state index contributed by atoms with van der Waals surface area (Å²) in [5, 5.41) is 95.9. The second-order valence-corrected chi connectivity index (χ2v) is 18.9. The molecule has 9 amide bonds. The topological polar surface area (TPSA) is 617 Å². The van der Waals surface area contributed by atoms with Crippen molar-refractivity contribution in [1.29, 1.82) is 0 Å². The monoisotopic (exact) mass is 1180 g/mol. The maximum absolute atomic E-state index is 14.2. The number of carboxylic acids is 6. The van der Waals surface area contributed by atoms with Crippen molar-refractivity contribution in [3.8, 4) is 0 Å². The molecule has 36 heteroatoms. The highest BCUT2D eigenvalue weighted by atomic mass is 16.4. The lowest BCUT2D eigenvalue weighted by Gasteiger charge is -2.30. The Kier molecular flexibility index (Phi) is 32.5. The van der Waals surface area contributed by atoms with E-state index in [0.29, 0.717) is 0 Å². The first-order valence-corrected chi connectivity index (χ1v) is 25.2. The SMILES string of the molecule is CC[C@H](C)[C@H](NC(=O)[C@H](CCCN=C(N)N)NC(=O)[C@H](CO)NC(=O)[C@@H](NC(=O)[C@H](CC(=O)O)NC(=O)[C@@H](N)CC(=O)O)[C@@H](C)O)C(=O)N[C@@H](CCC(=O)O)C(=O)N[C@@H](CCC(=O)O)C(=O)N[C@H](C(=O)N[C@@H](CC(=O)O)C(=O)O)C(C)C. The first-order chi connectivity index (χ1) is 38.1. The van der Waals surface area contributed by atoms with Gasteiger partial charge in [-0.1, -0.05) is 34.1 Å². The molecule has 0 radical (unpaired) electrons. The van der Waals surface area contributed by atoms with Gasteiger partial charge in [0.25, 0.3) is 0 Å². The van der Waals surface area contributed by atoms with Crippen molar-refractivity contribution in [2.75, 3.05) is 13.2 Å². The Bertz CT molecular complexity index is 2350. The Hall–Kier alpha value is -8.80. The molecule has 0 aromatic carbocycles. The number of carbonyl (C=O) groups is 15. The predicted octanol–water partition coefficient (Wildman–Crippen LogP) is -7.96. The lowest BCUT2D eigenvalue weighted by molar-refractivity contribution is -0.147. The van der Waals surface area contributed by atoms with Gasteiger partial charge in [0.15, 0.2) is 5.96 Å². The number of nitrogens with two attached hydrogens (primary N) is 3. The Balaban J connectivity index is 6.91. The number of amides is 9. The highest BCUT2D eigenvalue weighted by Gasteiger charge is 2.38. The highest BCUT2D eigenvalue weighted by molar-refractivity contribution is 5.99. The van der Waals surface area contributed by atoms with E-state index in [0.717, 1.165) is 6.92 Å². The molecule has 0 saturated heterocycles. The second kappa shape index (κ2) is 36.5. The number of aliphatic hydroxyl groups is 2. The molecule has 82 heavy (non-hydrogen) atoms. The fraction of sp³-hybridized carbons (Fsp3) is 0.652. The third kappa shape index (κ3) is 27.9. The highest BCUT2D eigenvalue weighted by Crippen LogP contribution is 2.13. The zero-order chi connectivity index (χ0) is 63.3.